The molecule has 1 rings (SSSR count). The summed E-state index contributed by atoms with van der Waals surface area (Å²) in [6.07, 6.45) is 21.9. The highest BCUT2D eigenvalue weighted by Gasteiger charge is 2.51. The van der Waals surface area contributed by atoms with Crippen molar-refractivity contribution in [1.82, 2.24) is 0 Å². The minimum atomic E-state index is -5.12. The maximum atomic E-state index is 12.8. The molecule has 13 nitrogen and oxygen atoms in total. The lowest BCUT2D eigenvalue weighted by Gasteiger charge is -2.41. The molecule has 0 amide bonds. The molecule has 59 heavy (non-hydrogen) atoms. The molecule has 0 aromatic carbocycles. The topological polar surface area (TPSA) is 210 Å². The lowest BCUT2D eigenvalue weighted by Crippen LogP contribution is -2.64. The Balaban J connectivity index is 2.47. The molecule has 0 spiro atoms. The Morgan fingerprint density at radius 1 is 0.542 bits per heavy atom. The summed E-state index contributed by atoms with van der Waals surface area (Å²) in [5, 5.41) is 50.1. The van der Waals surface area contributed by atoms with Crippen LogP contribution in [-0.4, -0.2) is 98.3 Å². The van der Waals surface area contributed by atoms with Crippen LogP contribution in [0.4, 0.5) is 0 Å². The Kier molecular flexibility index (Phi) is 33.7. The zero-order valence-corrected chi connectivity index (χ0v) is 37.5. The SMILES string of the molecule is CCCCCCCC=C=CCCCCCCCC(=O)O[C@H](COC(=O)CCCCCCCCCCCCCCCCC)COP(=O)(O)OC1[C@@H](O)[C@H](O)C(O)[C@H](O)[C@@H]1O. The second-order valence-corrected chi connectivity index (χ2v) is 17.8. The number of phosphoric ester groups is 1. The minimum absolute atomic E-state index is 0.0797. The van der Waals surface area contributed by atoms with Gasteiger partial charge in [-0.3, -0.25) is 18.6 Å². The predicted molar refractivity (Wildman–Crippen MR) is 229 cm³/mol. The van der Waals surface area contributed by atoms with Crippen LogP contribution < -0.4 is 0 Å². The van der Waals surface area contributed by atoms with Gasteiger partial charge < -0.3 is 39.9 Å². The number of ether oxygens (including phenoxy) is 2. The van der Waals surface area contributed by atoms with Gasteiger partial charge in [0.2, 0.25) is 0 Å². The summed E-state index contributed by atoms with van der Waals surface area (Å²) >= 11 is 0. The van der Waals surface area contributed by atoms with E-state index in [1.807, 2.05) is 0 Å². The normalized spacial score (nSPS) is 22.0. The van der Waals surface area contributed by atoms with Crippen LogP contribution in [0.2, 0.25) is 0 Å². The van der Waals surface area contributed by atoms with Crippen LogP contribution in [0.15, 0.2) is 17.9 Å². The number of hydrogen-bond acceptors (Lipinski definition) is 12. The molecule has 6 N–H and O–H groups in total. The number of phosphoric acid groups is 1. The highest BCUT2D eigenvalue weighted by molar-refractivity contribution is 7.47. The van der Waals surface area contributed by atoms with E-state index in [1.165, 1.54) is 103 Å². The highest BCUT2D eigenvalue weighted by atomic mass is 31.2. The van der Waals surface area contributed by atoms with Gasteiger partial charge in [-0.05, 0) is 50.7 Å². The first kappa shape index (κ1) is 55.4. The summed E-state index contributed by atoms with van der Waals surface area (Å²) < 4.78 is 33.5. The number of esters is 2. The zero-order valence-electron chi connectivity index (χ0n) is 36.6. The predicted octanol–water partition coefficient (Wildman–Crippen LogP) is 8.83. The fourth-order valence-corrected chi connectivity index (χ4v) is 8.06. The minimum Gasteiger partial charge on any atom is -0.462 e. The number of aliphatic hydroxyl groups is 5. The third-order valence-corrected chi connectivity index (χ3v) is 11.9. The van der Waals surface area contributed by atoms with Crippen LogP contribution in [-0.2, 0) is 32.7 Å². The maximum Gasteiger partial charge on any atom is 0.472 e. The molecule has 1 aliphatic rings. The van der Waals surface area contributed by atoms with Crippen molar-refractivity contribution in [2.24, 2.45) is 0 Å². The fourth-order valence-electron chi connectivity index (χ4n) is 7.09. The first-order valence-corrected chi connectivity index (χ1v) is 24.7. The van der Waals surface area contributed by atoms with Crippen molar-refractivity contribution in [2.45, 2.75) is 243 Å². The third kappa shape index (κ3) is 28.6. The number of carbonyl (C=O) groups is 2. The van der Waals surface area contributed by atoms with E-state index < -0.39 is 75.7 Å². The Morgan fingerprint density at radius 2 is 0.915 bits per heavy atom. The summed E-state index contributed by atoms with van der Waals surface area (Å²) in [6.45, 7) is 3.27. The van der Waals surface area contributed by atoms with Crippen LogP contribution in [0.25, 0.3) is 0 Å². The molecule has 8 atom stereocenters. The maximum absolute atomic E-state index is 12.8. The molecule has 0 heterocycles. The Bertz CT molecular complexity index is 1150. The van der Waals surface area contributed by atoms with E-state index in [2.05, 4.69) is 31.7 Å². The van der Waals surface area contributed by atoms with E-state index in [4.69, 9.17) is 18.5 Å². The molecule has 0 aromatic rings. The molecule has 3 unspecified atom stereocenters. The number of allylic oxidation sites excluding steroid dienone is 1. The van der Waals surface area contributed by atoms with Gasteiger partial charge in [0, 0.05) is 12.8 Å². The van der Waals surface area contributed by atoms with Gasteiger partial charge in [0.1, 0.15) is 43.2 Å². The van der Waals surface area contributed by atoms with Crippen LogP contribution in [0.5, 0.6) is 0 Å². The molecule has 1 saturated carbocycles. The number of hydrogen-bond donors (Lipinski definition) is 6. The molecule has 1 aliphatic carbocycles. The Labute approximate surface area is 356 Å². The second kappa shape index (κ2) is 35.9. The standard InChI is InChI=1S/C45H83O13P/c1-3-5-7-9-11-13-15-17-19-21-23-25-27-29-31-33-38(46)55-35-37(36-56-59(53,54)58-45-43(51)41(49)40(48)42(50)44(45)52)57-39(47)34-32-30-28-26-24-22-20-18-16-14-12-10-8-6-4-2/h16,20,37,40-45,48-52H,3-15,17,19,21-36H2,1-2H3,(H,53,54)/t18?,37-,40?,41-,42+,43+,44+,45?/m1/s1. The van der Waals surface area contributed by atoms with Gasteiger partial charge in [0.05, 0.1) is 6.61 Å². The molecule has 0 aromatic heterocycles. The summed E-state index contributed by atoms with van der Waals surface area (Å²) in [7, 11) is -5.12. The summed E-state index contributed by atoms with van der Waals surface area (Å²) in [4.78, 5) is 35.7. The molecular formula is C45H83O13P. The van der Waals surface area contributed by atoms with Crippen molar-refractivity contribution in [3.63, 3.8) is 0 Å². The second-order valence-electron chi connectivity index (χ2n) is 16.4. The first-order valence-electron chi connectivity index (χ1n) is 23.2. The van der Waals surface area contributed by atoms with Gasteiger partial charge in [-0.1, -0.05) is 149 Å². The van der Waals surface area contributed by atoms with Crippen molar-refractivity contribution < 1.29 is 63.1 Å². The molecular weight excluding hydrogens is 779 g/mol. The Morgan fingerprint density at radius 3 is 1.36 bits per heavy atom. The van der Waals surface area contributed by atoms with Crippen LogP contribution in [0.1, 0.15) is 200 Å². The van der Waals surface area contributed by atoms with Crippen LogP contribution in [0, 0.1) is 0 Å². The number of rotatable bonds is 38. The van der Waals surface area contributed by atoms with E-state index in [0.29, 0.717) is 12.8 Å². The average molecular weight is 863 g/mol. The summed E-state index contributed by atoms with van der Waals surface area (Å²) in [5.74, 6) is -1.11. The van der Waals surface area contributed by atoms with Crippen LogP contribution >= 0.6 is 7.82 Å². The third-order valence-electron chi connectivity index (χ3n) is 10.9. The zero-order chi connectivity index (χ0) is 43.6. The molecule has 1 fully saturated rings. The lowest BCUT2D eigenvalue weighted by molar-refractivity contribution is -0.220. The first-order chi connectivity index (χ1) is 28.4. The monoisotopic (exact) mass is 863 g/mol. The van der Waals surface area contributed by atoms with Crippen molar-refractivity contribution in [2.75, 3.05) is 13.2 Å². The van der Waals surface area contributed by atoms with E-state index in [0.717, 1.165) is 57.8 Å². The van der Waals surface area contributed by atoms with Crippen molar-refractivity contribution >= 4 is 19.8 Å². The van der Waals surface area contributed by atoms with Gasteiger partial charge in [-0.2, -0.15) is 0 Å². The largest absolute Gasteiger partial charge is 0.472 e. The molecule has 346 valence electrons. The van der Waals surface area contributed by atoms with Gasteiger partial charge >= 0.3 is 19.8 Å². The van der Waals surface area contributed by atoms with Crippen molar-refractivity contribution in [3.05, 3.63) is 17.9 Å². The molecule has 14 heteroatoms. The lowest BCUT2D eigenvalue weighted by atomic mass is 9.85. The quantitative estimate of drug-likeness (QED) is 0.0149. The number of unbranched alkanes of at least 4 members (excludes halogenated alkanes) is 24. The molecule has 0 saturated heterocycles. The van der Waals surface area contributed by atoms with E-state index in [1.54, 1.807) is 0 Å². The Hall–Kier alpha value is -1.63. The number of carbonyl (C=O) groups excluding carboxylic acids is 2. The van der Waals surface area contributed by atoms with Crippen molar-refractivity contribution in [3.8, 4) is 0 Å². The summed E-state index contributed by atoms with van der Waals surface area (Å²) in [6, 6.07) is 0. The van der Waals surface area contributed by atoms with Gasteiger partial charge in [-0.15, -0.1) is 5.73 Å². The highest BCUT2D eigenvalue weighted by Crippen LogP contribution is 2.47. The van der Waals surface area contributed by atoms with E-state index in [9.17, 15) is 44.6 Å². The van der Waals surface area contributed by atoms with Gasteiger partial charge in [-0.25, -0.2) is 4.57 Å². The summed E-state index contributed by atoms with van der Waals surface area (Å²) in [5.41, 5.74) is 3.26. The van der Waals surface area contributed by atoms with Crippen LogP contribution in [0.3, 0.4) is 0 Å². The molecule has 0 bridgehead atoms. The number of aliphatic hydroxyl groups excluding tert-OH is 5. The van der Waals surface area contributed by atoms with E-state index >= 15 is 0 Å². The fraction of sp³-hybridized carbons (Fsp3) is 0.889. The molecule has 0 aliphatic heterocycles. The smallest absolute Gasteiger partial charge is 0.462 e. The molecule has 0 radical (unpaired) electrons. The van der Waals surface area contributed by atoms with Crippen molar-refractivity contribution in [1.29, 1.82) is 0 Å². The van der Waals surface area contributed by atoms with Gasteiger partial charge in [0.25, 0.3) is 0 Å². The average Bonchev–Trinajstić information content (AvgIpc) is 3.21. The van der Waals surface area contributed by atoms with Gasteiger partial charge in [0.15, 0.2) is 6.10 Å². The van der Waals surface area contributed by atoms with E-state index in [-0.39, 0.29) is 12.8 Å².